The van der Waals surface area contributed by atoms with E-state index >= 15 is 0 Å². The normalized spacial score (nSPS) is 10.9. The van der Waals surface area contributed by atoms with E-state index in [1.165, 1.54) is 11.0 Å². The molecule has 0 fully saturated rings. The zero-order valence-corrected chi connectivity index (χ0v) is 12.4. The molecule has 0 aliphatic carbocycles. The van der Waals surface area contributed by atoms with Gasteiger partial charge in [0.25, 0.3) is 5.91 Å². The van der Waals surface area contributed by atoms with Crippen molar-refractivity contribution in [3.63, 3.8) is 0 Å². The number of amides is 1. The van der Waals surface area contributed by atoms with E-state index in [-0.39, 0.29) is 18.3 Å². The molecule has 2 aromatic carbocycles. The number of rotatable bonds is 3. The number of nitrogens with one attached hydrogen (secondary N) is 1. The number of carbonyl (C=O) groups excluding carboxylic acids is 1. The molecule has 0 radical (unpaired) electrons. The average Bonchev–Trinajstić information content (AvgIpc) is 2.91. The number of aryl methyl sites for hydroxylation is 1. The van der Waals surface area contributed by atoms with Gasteiger partial charge in [0.15, 0.2) is 5.69 Å². The minimum absolute atomic E-state index is 0.200. The number of carbonyl (C=O) groups is 1. The lowest BCUT2D eigenvalue weighted by atomic mass is 10.1. The molecule has 1 heterocycles. The third kappa shape index (κ3) is 2.57. The van der Waals surface area contributed by atoms with Crippen molar-refractivity contribution in [1.82, 2.24) is 15.1 Å². The van der Waals surface area contributed by atoms with Gasteiger partial charge in [-0.3, -0.25) is 9.89 Å². The lowest BCUT2D eigenvalue weighted by molar-refractivity contribution is 0.0780. The molecule has 0 unspecified atom stereocenters. The van der Waals surface area contributed by atoms with Crippen molar-refractivity contribution in [1.29, 1.82) is 0 Å². The van der Waals surface area contributed by atoms with Crippen molar-refractivity contribution in [3.05, 3.63) is 65.1 Å². The molecule has 5 heteroatoms. The highest BCUT2D eigenvalue weighted by Crippen LogP contribution is 2.19. The van der Waals surface area contributed by atoms with Crippen LogP contribution in [-0.2, 0) is 6.54 Å². The highest BCUT2D eigenvalue weighted by Gasteiger charge is 2.19. The molecule has 1 N–H and O–H groups in total. The predicted octanol–water partition coefficient (Wildman–Crippen LogP) is 3.28. The first-order valence-corrected chi connectivity index (χ1v) is 7.00. The van der Waals surface area contributed by atoms with E-state index in [1.54, 1.807) is 25.2 Å². The average molecular weight is 297 g/mol. The zero-order chi connectivity index (χ0) is 15.7. The van der Waals surface area contributed by atoms with E-state index in [0.717, 1.165) is 16.5 Å². The van der Waals surface area contributed by atoms with Gasteiger partial charge in [-0.15, -0.1) is 0 Å². The molecule has 0 bridgehead atoms. The number of H-pyrrole nitrogens is 1. The molecule has 0 saturated heterocycles. The number of hydrogen-bond acceptors (Lipinski definition) is 2. The monoisotopic (exact) mass is 297 g/mol. The van der Waals surface area contributed by atoms with Crippen LogP contribution in [0.2, 0.25) is 0 Å². The fourth-order valence-electron chi connectivity index (χ4n) is 2.43. The second kappa shape index (κ2) is 5.60. The fraction of sp³-hybridized carbons (Fsp3) is 0.176. The summed E-state index contributed by atoms with van der Waals surface area (Å²) in [4.78, 5) is 14.0. The summed E-state index contributed by atoms with van der Waals surface area (Å²) in [5, 5.41) is 7.75. The van der Waals surface area contributed by atoms with Crippen LogP contribution in [0.4, 0.5) is 4.39 Å². The number of fused-ring (bicyclic) bond motifs is 1. The van der Waals surface area contributed by atoms with E-state index in [1.807, 2.05) is 25.1 Å². The Morgan fingerprint density at radius 3 is 2.82 bits per heavy atom. The molecule has 0 saturated carbocycles. The number of hydrogen-bond donors (Lipinski definition) is 1. The minimum atomic E-state index is -0.315. The molecule has 1 aromatic heterocycles. The Morgan fingerprint density at radius 1 is 1.27 bits per heavy atom. The van der Waals surface area contributed by atoms with Gasteiger partial charge in [-0.2, -0.15) is 5.10 Å². The van der Waals surface area contributed by atoms with Gasteiger partial charge in [0.05, 0.1) is 5.52 Å². The summed E-state index contributed by atoms with van der Waals surface area (Å²) in [6, 6.07) is 12.2. The van der Waals surface area contributed by atoms with E-state index in [9.17, 15) is 9.18 Å². The van der Waals surface area contributed by atoms with Gasteiger partial charge in [0.2, 0.25) is 0 Å². The summed E-state index contributed by atoms with van der Waals surface area (Å²) < 4.78 is 13.7. The maximum atomic E-state index is 13.7. The molecular weight excluding hydrogens is 281 g/mol. The van der Waals surface area contributed by atoms with Crippen LogP contribution in [-0.4, -0.2) is 28.1 Å². The van der Waals surface area contributed by atoms with Gasteiger partial charge < -0.3 is 4.90 Å². The number of aromatic amines is 1. The van der Waals surface area contributed by atoms with Crippen LogP contribution in [0.5, 0.6) is 0 Å². The molecule has 3 aromatic rings. The molecule has 0 spiro atoms. The predicted molar refractivity (Wildman–Crippen MR) is 83.0 cm³/mol. The second-order valence-corrected chi connectivity index (χ2v) is 5.37. The Hall–Kier alpha value is -2.69. The summed E-state index contributed by atoms with van der Waals surface area (Å²) in [6.07, 6.45) is 0. The number of nitrogens with zero attached hydrogens (tertiary/aromatic N) is 2. The first kappa shape index (κ1) is 14.3. The van der Waals surface area contributed by atoms with Crippen molar-refractivity contribution in [2.45, 2.75) is 13.5 Å². The third-order valence-electron chi connectivity index (χ3n) is 3.63. The van der Waals surface area contributed by atoms with E-state index < -0.39 is 0 Å². The van der Waals surface area contributed by atoms with Gasteiger partial charge in [-0.25, -0.2) is 4.39 Å². The molecule has 0 aliphatic heterocycles. The standard InChI is InChI=1S/C17H16FN3O/c1-11-7-8-15-13(9-11)16(20-19-15)17(22)21(2)10-12-5-3-4-6-14(12)18/h3-9H,10H2,1-2H3,(H,19,20). The van der Waals surface area contributed by atoms with E-state index in [2.05, 4.69) is 10.2 Å². The number of benzene rings is 2. The van der Waals surface area contributed by atoms with Crippen molar-refractivity contribution in [3.8, 4) is 0 Å². The van der Waals surface area contributed by atoms with Crippen molar-refractivity contribution in [2.75, 3.05) is 7.05 Å². The molecule has 112 valence electrons. The lowest BCUT2D eigenvalue weighted by Gasteiger charge is -2.16. The third-order valence-corrected chi connectivity index (χ3v) is 3.63. The molecule has 0 aliphatic rings. The van der Waals surface area contributed by atoms with Gasteiger partial charge in [0, 0.05) is 24.5 Å². The SMILES string of the molecule is Cc1ccc2[nH]nc(C(=O)N(C)Cc3ccccc3F)c2c1. The Kier molecular flexibility index (Phi) is 3.63. The first-order valence-electron chi connectivity index (χ1n) is 7.00. The van der Waals surface area contributed by atoms with Crippen LogP contribution in [0, 0.1) is 12.7 Å². The molecule has 1 amide bonds. The maximum Gasteiger partial charge on any atom is 0.275 e. The topological polar surface area (TPSA) is 49.0 Å². The van der Waals surface area contributed by atoms with Gasteiger partial charge in [-0.05, 0) is 25.1 Å². The Balaban J connectivity index is 1.89. The zero-order valence-electron chi connectivity index (χ0n) is 12.4. The van der Waals surface area contributed by atoms with Crippen LogP contribution in [0.3, 0.4) is 0 Å². The van der Waals surface area contributed by atoms with Crippen LogP contribution in [0.25, 0.3) is 10.9 Å². The smallest absolute Gasteiger partial charge is 0.275 e. The minimum Gasteiger partial charge on any atom is -0.336 e. The van der Waals surface area contributed by atoms with Crippen molar-refractivity contribution in [2.24, 2.45) is 0 Å². The fourth-order valence-corrected chi connectivity index (χ4v) is 2.43. The summed E-state index contributed by atoms with van der Waals surface area (Å²) in [6.45, 7) is 2.16. The molecule has 22 heavy (non-hydrogen) atoms. The molecular formula is C17H16FN3O. The van der Waals surface area contributed by atoms with E-state index in [4.69, 9.17) is 0 Å². The quantitative estimate of drug-likeness (QED) is 0.806. The maximum absolute atomic E-state index is 13.7. The highest BCUT2D eigenvalue weighted by molar-refractivity contribution is 6.04. The summed E-state index contributed by atoms with van der Waals surface area (Å²) >= 11 is 0. The Labute approximate surface area is 127 Å². The summed E-state index contributed by atoms with van der Waals surface area (Å²) in [5.74, 6) is -0.551. The summed E-state index contributed by atoms with van der Waals surface area (Å²) in [5.41, 5.74) is 2.71. The first-order chi connectivity index (χ1) is 10.6. The molecule has 0 atom stereocenters. The van der Waals surface area contributed by atoms with Crippen LogP contribution < -0.4 is 0 Å². The number of halogens is 1. The highest BCUT2D eigenvalue weighted by atomic mass is 19.1. The Morgan fingerprint density at radius 2 is 2.05 bits per heavy atom. The molecule has 3 rings (SSSR count). The van der Waals surface area contributed by atoms with Crippen LogP contribution in [0.1, 0.15) is 21.6 Å². The van der Waals surface area contributed by atoms with Gasteiger partial charge in [-0.1, -0.05) is 29.8 Å². The van der Waals surface area contributed by atoms with Crippen LogP contribution >= 0.6 is 0 Å². The van der Waals surface area contributed by atoms with Crippen LogP contribution in [0.15, 0.2) is 42.5 Å². The Bertz CT molecular complexity index is 841. The largest absolute Gasteiger partial charge is 0.336 e. The van der Waals surface area contributed by atoms with E-state index in [0.29, 0.717) is 11.3 Å². The van der Waals surface area contributed by atoms with Crippen molar-refractivity contribution < 1.29 is 9.18 Å². The lowest BCUT2D eigenvalue weighted by Crippen LogP contribution is -2.27. The number of aromatic nitrogens is 2. The van der Waals surface area contributed by atoms with Gasteiger partial charge >= 0.3 is 0 Å². The van der Waals surface area contributed by atoms with Gasteiger partial charge in [0.1, 0.15) is 5.82 Å². The molecule has 4 nitrogen and oxygen atoms in total. The second-order valence-electron chi connectivity index (χ2n) is 5.37. The van der Waals surface area contributed by atoms with Crippen molar-refractivity contribution >= 4 is 16.8 Å². The summed E-state index contributed by atoms with van der Waals surface area (Å²) in [7, 11) is 1.64.